The smallest absolute Gasteiger partial charge is 0.0713 e. The van der Waals surface area contributed by atoms with E-state index in [4.69, 9.17) is 4.74 Å². The van der Waals surface area contributed by atoms with Gasteiger partial charge in [-0.15, -0.1) is 0 Å². The lowest BCUT2D eigenvalue weighted by molar-refractivity contribution is -0.0952. The second-order valence-electron chi connectivity index (χ2n) is 5.92. The number of hydrogen-bond donors (Lipinski definition) is 2. The van der Waals surface area contributed by atoms with E-state index in [1.165, 1.54) is 24.3 Å². The Balaban J connectivity index is 1.59. The Morgan fingerprint density at radius 3 is 2.65 bits per heavy atom. The average Bonchev–Trinajstić information content (AvgIpc) is 3.11. The van der Waals surface area contributed by atoms with E-state index >= 15 is 0 Å². The standard InChI is InChI=1S/C13H23NO2S/c15-10-12(2-3-12)14-11-1-6-16-13(9-11)4-7-17-8-5-13/h11,14-15H,1-10H2. The first kappa shape index (κ1) is 12.3. The highest BCUT2D eigenvalue weighted by atomic mass is 32.2. The van der Waals surface area contributed by atoms with Crippen LogP contribution in [0.4, 0.5) is 0 Å². The topological polar surface area (TPSA) is 41.5 Å². The van der Waals surface area contributed by atoms with E-state index in [-0.39, 0.29) is 11.1 Å². The number of aliphatic hydroxyl groups excluding tert-OH is 1. The molecule has 3 nitrogen and oxygen atoms in total. The molecule has 3 aliphatic rings. The first-order chi connectivity index (χ1) is 8.26. The largest absolute Gasteiger partial charge is 0.394 e. The van der Waals surface area contributed by atoms with Crippen molar-refractivity contribution in [1.29, 1.82) is 0 Å². The zero-order chi connectivity index (χ0) is 11.8. The fourth-order valence-electron chi connectivity index (χ4n) is 3.17. The van der Waals surface area contributed by atoms with Crippen molar-refractivity contribution < 1.29 is 9.84 Å². The first-order valence-electron chi connectivity index (χ1n) is 6.86. The van der Waals surface area contributed by atoms with Crippen LogP contribution in [-0.2, 0) is 4.74 Å². The average molecular weight is 257 g/mol. The van der Waals surface area contributed by atoms with E-state index < -0.39 is 0 Å². The molecule has 1 aliphatic carbocycles. The van der Waals surface area contributed by atoms with Gasteiger partial charge in [-0.2, -0.15) is 11.8 Å². The fraction of sp³-hybridized carbons (Fsp3) is 1.00. The van der Waals surface area contributed by atoms with Crippen molar-refractivity contribution in [2.75, 3.05) is 24.7 Å². The molecule has 0 aromatic rings. The van der Waals surface area contributed by atoms with Crippen LogP contribution in [0.5, 0.6) is 0 Å². The van der Waals surface area contributed by atoms with Crippen LogP contribution in [0.15, 0.2) is 0 Å². The molecule has 2 heterocycles. The van der Waals surface area contributed by atoms with E-state index in [1.54, 1.807) is 0 Å². The van der Waals surface area contributed by atoms with Gasteiger partial charge in [-0.1, -0.05) is 0 Å². The van der Waals surface area contributed by atoms with Crippen molar-refractivity contribution in [3.05, 3.63) is 0 Å². The van der Waals surface area contributed by atoms with Gasteiger partial charge in [0.25, 0.3) is 0 Å². The molecule has 1 saturated carbocycles. The van der Waals surface area contributed by atoms with Crippen molar-refractivity contribution >= 4 is 11.8 Å². The second-order valence-corrected chi connectivity index (χ2v) is 7.14. The van der Waals surface area contributed by atoms with Gasteiger partial charge >= 0.3 is 0 Å². The maximum absolute atomic E-state index is 9.39. The highest BCUT2D eigenvalue weighted by Crippen LogP contribution is 2.40. The van der Waals surface area contributed by atoms with Crippen LogP contribution >= 0.6 is 11.8 Å². The predicted molar refractivity (Wildman–Crippen MR) is 70.5 cm³/mol. The highest BCUT2D eigenvalue weighted by molar-refractivity contribution is 7.99. The molecule has 0 aromatic heterocycles. The van der Waals surface area contributed by atoms with Crippen LogP contribution in [-0.4, -0.2) is 47.0 Å². The van der Waals surface area contributed by atoms with Crippen LogP contribution in [0.25, 0.3) is 0 Å². The van der Waals surface area contributed by atoms with Crippen molar-refractivity contribution in [2.24, 2.45) is 0 Å². The number of rotatable bonds is 3. The minimum absolute atomic E-state index is 0.0760. The van der Waals surface area contributed by atoms with Gasteiger partial charge in [0.2, 0.25) is 0 Å². The van der Waals surface area contributed by atoms with Gasteiger partial charge < -0.3 is 15.2 Å². The quantitative estimate of drug-likeness (QED) is 0.805. The van der Waals surface area contributed by atoms with E-state index in [1.807, 2.05) is 0 Å². The molecule has 0 amide bonds. The molecule has 2 N–H and O–H groups in total. The normalized spacial score (nSPS) is 34.8. The van der Waals surface area contributed by atoms with Gasteiger partial charge in [0.1, 0.15) is 0 Å². The van der Waals surface area contributed by atoms with E-state index in [2.05, 4.69) is 17.1 Å². The molecule has 1 unspecified atom stereocenters. The third kappa shape index (κ3) is 2.65. The summed E-state index contributed by atoms with van der Waals surface area (Å²) in [7, 11) is 0. The van der Waals surface area contributed by atoms with Gasteiger partial charge in [0.15, 0.2) is 0 Å². The van der Waals surface area contributed by atoms with Crippen LogP contribution in [0.1, 0.15) is 38.5 Å². The van der Waals surface area contributed by atoms with Crippen LogP contribution < -0.4 is 5.32 Å². The van der Waals surface area contributed by atoms with Crippen molar-refractivity contribution in [3.8, 4) is 0 Å². The first-order valence-corrected chi connectivity index (χ1v) is 8.02. The van der Waals surface area contributed by atoms with Gasteiger partial charge in [-0.3, -0.25) is 0 Å². The summed E-state index contributed by atoms with van der Waals surface area (Å²) >= 11 is 2.05. The molecule has 4 heteroatoms. The van der Waals surface area contributed by atoms with Crippen molar-refractivity contribution in [1.82, 2.24) is 5.32 Å². The Kier molecular flexibility index (Phi) is 3.41. The van der Waals surface area contributed by atoms with Crippen molar-refractivity contribution in [3.63, 3.8) is 0 Å². The predicted octanol–water partition coefficient (Wildman–Crippen LogP) is 1.55. The minimum Gasteiger partial charge on any atom is -0.394 e. The molecule has 0 aromatic carbocycles. The lowest BCUT2D eigenvalue weighted by Crippen LogP contribution is -2.52. The van der Waals surface area contributed by atoms with E-state index in [0.717, 1.165) is 32.3 Å². The molecule has 3 fully saturated rings. The summed E-state index contributed by atoms with van der Waals surface area (Å²) in [5, 5.41) is 13.1. The van der Waals surface area contributed by atoms with Gasteiger partial charge in [0.05, 0.1) is 12.2 Å². The summed E-state index contributed by atoms with van der Waals surface area (Å²) in [4.78, 5) is 0. The Labute approximate surface area is 108 Å². The molecular weight excluding hydrogens is 234 g/mol. The summed E-state index contributed by atoms with van der Waals surface area (Å²) in [5.74, 6) is 2.50. The molecule has 3 rings (SSSR count). The number of aliphatic hydroxyl groups is 1. The zero-order valence-electron chi connectivity index (χ0n) is 10.4. The minimum atomic E-state index is 0.0760. The van der Waals surface area contributed by atoms with Crippen LogP contribution in [0, 0.1) is 0 Å². The maximum atomic E-state index is 9.39. The second kappa shape index (κ2) is 4.72. The monoisotopic (exact) mass is 257 g/mol. The van der Waals surface area contributed by atoms with Crippen LogP contribution in [0.3, 0.4) is 0 Å². The SMILES string of the molecule is OCC1(NC2CCOC3(CCSCC3)C2)CC1. The third-order valence-corrected chi connectivity index (χ3v) is 5.55. The summed E-state index contributed by atoms with van der Waals surface area (Å²) < 4.78 is 6.09. The molecule has 1 atom stereocenters. The Hall–Kier alpha value is 0.230. The fourth-order valence-corrected chi connectivity index (χ4v) is 4.41. The molecule has 17 heavy (non-hydrogen) atoms. The number of ether oxygens (including phenoxy) is 1. The van der Waals surface area contributed by atoms with Crippen LogP contribution in [0.2, 0.25) is 0 Å². The summed E-state index contributed by atoms with van der Waals surface area (Å²) in [6.07, 6.45) is 6.96. The Morgan fingerprint density at radius 2 is 2.00 bits per heavy atom. The zero-order valence-corrected chi connectivity index (χ0v) is 11.2. The number of thioether (sulfide) groups is 1. The van der Waals surface area contributed by atoms with Crippen molar-refractivity contribution in [2.45, 2.75) is 55.7 Å². The maximum Gasteiger partial charge on any atom is 0.0713 e. The summed E-state index contributed by atoms with van der Waals surface area (Å²) in [6, 6.07) is 0.557. The molecular formula is C13H23NO2S. The van der Waals surface area contributed by atoms with E-state index in [0.29, 0.717) is 12.6 Å². The molecule has 0 bridgehead atoms. The van der Waals surface area contributed by atoms with Gasteiger partial charge in [-0.25, -0.2) is 0 Å². The van der Waals surface area contributed by atoms with Gasteiger partial charge in [-0.05, 0) is 50.0 Å². The number of hydrogen-bond acceptors (Lipinski definition) is 4. The Bertz CT molecular complexity index is 269. The van der Waals surface area contributed by atoms with E-state index in [9.17, 15) is 5.11 Å². The lowest BCUT2D eigenvalue weighted by Gasteiger charge is -2.44. The highest BCUT2D eigenvalue weighted by Gasteiger charge is 2.46. The Morgan fingerprint density at radius 1 is 1.24 bits per heavy atom. The lowest BCUT2D eigenvalue weighted by atomic mass is 9.85. The van der Waals surface area contributed by atoms with Gasteiger partial charge in [0, 0.05) is 18.2 Å². The molecule has 2 saturated heterocycles. The molecule has 1 spiro atoms. The third-order valence-electron chi connectivity index (χ3n) is 4.56. The summed E-state index contributed by atoms with van der Waals surface area (Å²) in [6.45, 7) is 1.19. The molecule has 98 valence electrons. The molecule has 0 radical (unpaired) electrons. The number of nitrogens with one attached hydrogen (secondary N) is 1. The molecule has 2 aliphatic heterocycles. The summed E-state index contributed by atoms with van der Waals surface area (Å²) in [5.41, 5.74) is 0.235.